The molecule has 4 nitrogen and oxygen atoms in total. The normalized spacial score (nSPS) is 10.9. The number of carbonyl (C=O) groups is 1. The maximum absolute atomic E-state index is 12.0. The molecule has 0 saturated heterocycles. The Kier molecular flexibility index (Phi) is 4.93. The Hall–Kier alpha value is -1.92. The molecule has 2 aromatic heterocycles. The van der Waals surface area contributed by atoms with Crippen molar-refractivity contribution in [3.8, 4) is 0 Å². The highest BCUT2D eigenvalue weighted by molar-refractivity contribution is 8.00. The summed E-state index contributed by atoms with van der Waals surface area (Å²) in [5, 5.41) is 4.90. The van der Waals surface area contributed by atoms with Gasteiger partial charge < -0.3 is 5.32 Å². The fraction of sp³-hybridized carbons (Fsp3) is 0.235. The number of aryl methyl sites for hydroxylation is 2. The van der Waals surface area contributed by atoms with Gasteiger partial charge in [0, 0.05) is 16.8 Å². The number of benzene rings is 1. The Bertz CT molecular complexity index is 830. The summed E-state index contributed by atoms with van der Waals surface area (Å²) in [5.74, 6) is 0.364. The monoisotopic (exact) mass is 343 g/mol. The van der Waals surface area contributed by atoms with Crippen LogP contribution in [0, 0.1) is 13.8 Å². The standard InChI is InChI=1S/C17H17N3OS2/c1-11-12(2)23-17-15(11)16(19-10-20-17)22-9-14(21)18-8-13-6-4-3-5-7-13/h3-7,10H,8-9H2,1-2H3,(H,18,21). The molecule has 0 aliphatic heterocycles. The van der Waals surface area contributed by atoms with Crippen molar-refractivity contribution in [1.82, 2.24) is 15.3 Å². The second kappa shape index (κ2) is 7.10. The van der Waals surface area contributed by atoms with Gasteiger partial charge in [0.05, 0.1) is 5.75 Å². The Labute approximate surface area is 143 Å². The van der Waals surface area contributed by atoms with E-state index >= 15 is 0 Å². The van der Waals surface area contributed by atoms with Crippen LogP contribution in [0.25, 0.3) is 10.2 Å². The zero-order chi connectivity index (χ0) is 16.2. The lowest BCUT2D eigenvalue weighted by molar-refractivity contribution is -0.118. The van der Waals surface area contributed by atoms with E-state index in [1.54, 1.807) is 17.7 Å². The van der Waals surface area contributed by atoms with E-state index in [-0.39, 0.29) is 5.91 Å². The van der Waals surface area contributed by atoms with Gasteiger partial charge in [0.2, 0.25) is 5.91 Å². The maximum atomic E-state index is 12.0. The van der Waals surface area contributed by atoms with Crippen molar-refractivity contribution in [2.24, 2.45) is 0 Å². The number of thioether (sulfide) groups is 1. The summed E-state index contributed by atoms with van der Waals surface area (Å²) in [5.41, 5.74) is 2.30. The Morgan fingerprint density at radius 2 is 2.00 bits per heavy atom. The maximum Gasteiger partial charge on any atom is 0.230 e. The molecule has 3 rings (SSSR count). The van der Waals surface area contributed by atoms with Gasteiger partial charge in [0.25, 0.3) is 0 Å². The summed E-state index contributed by atoms with van der Waals surface area (Å²) < 4.78 is 0. The largest absolute Gasteiger partial charge is 0.351 e. The van der Waals surface area contributed by atoms with Gasteiger partial charge in [0.1, 0.15) is 16.2 Å². The zero-order valence-electron chi connectivity index (χ0n) is 13.0. The predicted molar refractivity (Wildman–Crippen MR) is 95.9 cm³/mol. The molecule has 1 aromatic carbocycles. The van der Waals surface area contributed by atoms with Crippen molar-refractivity contribution < 1.29 is 4.79 Å². The first-order valence-electron chi connectivity index (χ1n) is 7.29. The summed E-state index contributed by atoms with van der Waals surface area (Å²) in [6, 6.07) is 9.90. The van der Waals surface area contributed by atoms with E-state index in [0.29, 0.717) is 12.3 Å². The Morgan fingerprint density at radius 3 is 2.78 bits per heavy atom. The first-order chi connectivity index (χ1) is 11.1. The van der Waals surface area contributed by atoms with Crippen molar-refractivity contribution in [1.29, 1.82) is 0 Å². The first-order valence-corrected chi connectivity index (χ1v) is 9.09. The quantitative estimate of drug-likeness (QED) is 0.567. The molecule has 0 unspecified atom stereocenters. The van der Waals surface area contributed by atoms with Crippen LogP contribution < -0.4 is 5.32 Å². The molecule has 0 atom stereocenters. The van der Waals surface area contributed by atoms with Crippen LogP contribution in [0.2, 0.25) is 0 Å². The average molecular weight is 343 g/mol. The third-order valence-corrected chi connectivity index (χ3v) is 5.71. The van der Waals surface area contributed by atoms with Crippen LogP contribution in [0.4, 0.5) is 0 Å². The number of hydrogen-bond acceptors (Lipinski definition) is 5. The smallest absolute Gasteiger partial charge is 0.230 e. The van der Waals surface area contributed by atoms with Gasteiger partial charge >= 0.3 is 0 Å². The number of hydrogen-bond donors (Lipinski definition) is 1. The molecule has 0 bridgehead atoms. The van der Waals surface area contributed by atoms with Crippen LogP contribution in [0.1, 0.15) is 16.0 Å². The molecule has 1 amide bonds. The summed E-state index contributed by atoms with van der Waals surface area (Å²) >= 11 is 3.13. The topological polar surface area (TPSA) is 54.9 Å². The molecule has 0 fully saturated rings. The van der Waals surface area contributed by atoms with Crippen LogP contribution in [-0.2, 0) is 11.3 Å². The number of aromatic nitrogens is 2. The van der Waals surface area contributed by atoms with E-state index in [2.05, 4.69) is 29.1 Å². The molecule has 0 spiro atoms. The van der Waals surface area contributed by atoms with Crippen molar-refractivity contribution in [3.05, 3.63) is 52.7 Å². The molecule has 0 radical (unpaired) electrons. The summed E-state index contributed by atoms with van der Waals surface area (Å²) in [4.78, 5) is 22.9. The molecule has 6 heteroatoms. The number of nitrogens with one attached hydrogen (secondary N) is 1. The second-order valence-electron chi connectivity index (χ2n) is 5.19. The van der Waals surface area contributed by atoms with Gasteiger partial charge in [0.15, 0.2) is 0 Å². The third-order valence-electron chi connectivity index (χ3n) is 3.60. The number of fused-ring (bicyclic) bond motifs is 1. The van der Waals surface area contributed by atoms with Crippen molar-refractivity contribution >= 4 is 39.2 Å². The Balaban J connectivity index is 1.63. The van der Waals surface area contributed by atoms with E-state index in [4.69, 9.17) is 0 Å². The second-order valence-corrected chi connectivity index (χ2v) is 7.36. The lowest BCUT2D eigenvalue weighted by Crippen LogP contribution is -2.24. The molecule has 0 aliphatic rings. The van der Waals surface area contributed by atoms with Gasteiger partial charge in [-0.25, -0.2) is 9.97 Å². The minimum absolute atomic E-state index is 0.00946. The SMILES string of the molecule is Cc1sc2ncnc(SCC(=O)NCc3ccccc3)c2c1C. The Morgan fingerprint density at radius 1 is 1.22 bits per heavy atom. The highest BCUT2D eigenvalue weighted by atomic mass is 32.2. The van der Waals surface area contributed by atoms with Gasteiger partial charge in [-0.15, -0.1) is 11.3 Å². The van der Waals surface area contributed by atoms with Crippen LogP contribution in [-0.4, -0.2) is 21.6 Å². The van der Waals surface area contributed by atoms with Gasteiger partial charge in [-0.2, -0.15) is 0 Å². The van der Waals surface area contributed by atoms with Gasteiger partial charge in [-0.3, -0.25) is 4.79 Å². The van der Waals surface area contributed by atoms with Crippen molar-refractivity contribution in [2.75, 3.05) is 5.75 Å². The molecule has 23 heavy (non-hydrogen) atoms. The van der Waals surface area contributed by atoms with Crippen molar-refractivity contribution in [2.45, 2.75) is 25.4 Å². The molecular formula is C17H17N3OS2. The third kappa shape index (κ3) is 3.71. The number of thiophene rings is 1. The summed E-state index contributed by atoms with van der Waals surface area (Å²) in [6.07, 6.45) is 1.57. The van der Waals surface area contributed by atoms with Crippen LogP contribution in [0.5, 0.6) is 0 Å². The fourth-order valence-corrected chi connectivity index (χ4v) is 4.19. The summed E-state index contributed by atoms with van der Waals surface area (Å²) in [6.45, 7) is 4.72. The molecule has 3 aromatic rings. The van der Waals surface area contributed by atoms with E-state index < -0.39 is 0 Å². The lowest BCUT2D eigenvalue weighted by atomic mass is 10.2. The predicted octanol–water partition coefficient (Wildman–Crippen LogP) is 3.72. The molecule has 0 aliphatic carbocycles. The number of amides is 1. The zero-order valence-corrected chi connectivity index (χ0v) is 14.6. The minimum atomic E-state index is 0.00946. The van der Waals surface area contributed by atoms with Crippen LogP contribution in [0.15, 0.2) is 41.7 Å². The van der Waals surface area contributed by atoms with Gasteiger partial charge in [-0.1, -0.05) is 42.1 Å². The van der Waals surface area contributed by atoms with Crippen LogP contribution >= 0.6 is 23.1 Å². The fourth-order valence-electron chi connectivity index (χ4n) is 2.24. The number of nitrogens with zero attached hydrogens (tertiary/aromatic N) is 2. The highest BCUT2D eigenvalue weighted by Crippen LogP contribution is 2.34. The average Bonchev–Trinajstić information content (AvgIpc) is 2.87. The molecule has 2 heterocycles. The van der Waals surface area contributed by atoms with E-state index in [1.165, 1.54) is 22.2 Å². The number of rotatable bonds is 5. The molecule has 118 valence electrons. The molecule has 0 saturated carbocycles. The van der Waals surface area contributed by atoms with Crippen LogP contribution in [0.3, 0.4) is 0 Å². The van der Waals surface area contributed by atoms with E-state index in [0.717, 1.165) is 20.8 Å². The van der Waals surface area contributed by atoms with Gasteiger partial charge in [-0.05, 0) is 25.0 Å². The molecule has 1 N–H and O–H groups in total. The minimum Gasteiger partial charge on any atom is -0.351 e. The van der Waals surface area contributed by atoms with Crippen molar-refractivity contribution in [3.63, 3.8) is 0 Å². The first kappa shape index (κ1) is 16.0. The lowest BCUT2D eigenvalue weighted by Gasteiger charge is -2.06. The van der Waals surface area contributed by atoms with E-state index in [1.807, 2.05) is 30.3 Å². The summed E-state index contributed by atoms with van der Waals surface area (Å²) in [7, 11) is 0. The number of carbonyl (C=O) groups excluding carboxylic acids is 1. The highest BCUT2D eigenvalue weighted by Gasteiger charge is 2.13. The van der Waals surface area contributed by atoms with E-state index in [9.17, 15) is 4.79 Å². The molecular weight excluding hydrogens is 326 g/mol.